The van der Waals surface area contributed by atoms with Gasteiger partial charge < -0.3 is 15.4 Å². The number of unbranched alkanes of at least 4 members (excludes halogenated alkanes) is 3. The molecule has 1 aromatic rings. The first-order valence-corrected chi connectivity index (χ1v) is 9.46. The molecular weight excluding hydrogens is 298 g/mol. The van der Waals surface area contributed by atoms with Crippen LogP contribution in [0.3, 0.4) is 0 Å². The third-order valence-corrected chi connectivity index (χ3v) is 4.65. The van der Waals surface area contributed by atoms with E-state index >= 15 is 0 Å². The van der Waals surface area contributed by atoms with E-state index in [4.69, 9.17) is 4.74 Å². The molecule has 4 heteroatoms. The van der Waals surface area contributed by atoms with E-state index < -0.39 is 0 Å². The van der Waals surface area contributed by atoms with Crippen LogP contribution in [0, 0.1) is 5.92 Å². The molecule has 0 amide bonds. The van der Waals surface area contributed by atoms with Crippen LogP contribution < -0.4 is 10.6 Å². The summed E-state index contributed by atoms with van der Waals surface area (Å²) in [5.74, 6) is 1.39. The first kappa shape index (κ1) is 18.8. The van der Waals surface area contributed by atoms with Gasteiger partial charge in [0.25, 0.3) is 0 Å². The molecular formula is C20H33N3O. The molecule has 0 bridgehead atoms. The topological polar surface area (TPSA) is 45.7 Å². The van der Waals surface area contributed by atoms with Crippen LogP contribution >= 0.6 is 0 Å². The van der Waals surface area contributed by atoms with Gasteiger partial charge in [0.2, 0.25) is 0 Å². The number of guanidine groups is 1. The predicted molar refractivity (Wildman–Crippen MR) is 101 cm³/mol. The molecule has 1 aliphatic rings. The van der Waals surface area contributed by atoms with Gasteiger partial charge in [0.05, 0.1) is 6.10 Å². The molecule has 2 unspecified atom stereocenters. The molecule has 134 valence electrons. The highest BCUT2D eigenvalue weighted by Gasteiger charge is 2.27. The lowest BCUT2D eigenvalue weighted by Gasteiger charge is -2.32. The Morgan fingerprint density at radius 3 is 2.75 bits per heavy atom. The van der Waals surface area contributed by atoms with Crippen molar-refractivity contribution in [2.45, 2.75) is 51.6 Å². The first-order valence-electron chi connectivity index (χ1n) is 9.46. The molecule has 1 heterocycles. The Hall–Kier alpha value is -1.55. The third-order valence-electron chi connectivity index (χ3n) is 4.65. The molecule has 1 aliphatic heterocycles. The number of benzene rings is 1. The van der Waals surface area contributed by atoms with E-state index in [1.54, 1.807) is 0 Å². The highest BCUT2D eigenvalue weighted by molar-refractivity contribution is 5.79. The molecule has 24 heavy (non-hydrogen) atoms. The third kappa shape index (κ3) is 6.16. The number of nitrogens with zero attached hydrogens (tertiary/aromatic N) is 1. The second-order valence-corrected chi connectivity index (χ2v) is 6.54. The van der Waals surface area contributed by atoms with Gasteiger partial charge in [-0.15, -0.1) is 0 Å². The molecule has 0 saturated carbocycles. The van der Waals surface area contributed by atoms with Crippen molar-refractivity contribution in [3.8, 4) is 0 Å². The lowest BCUT2D eigenvalue weighted by Crippen LogP contribution is -2.42. The smallest absolute Gasteiger partial charge is 0.190 e. The SMILES string of the molecule is CCCCCCNC(=NC)NCC1CCCOC1c1ccccc1. The Morgan fingerprint density at radius 2 is 2.00 bits per heavy atom. The molecule has 1 fully saturated rings. The van der Waals surface area contributed by atoms with Gasteiger partial charge in [-0.1, -0.05) is 56.5 Å². The van der Waals surface area contributed by atoms with Gasteiger partial charge in [-0.3, -0.25) is 4.99 Å². The number of nitrogens with one attached hydrogen (secondary N) is 2. The lowest BCUT2D eigenvalue weighted by atomic mass is 9.89. The highest BCUT2D eigenvalue weighted by Crippen LogP contribution is 2.32. The fourth-order valence-electron chi connectivity index (χ4n) is 3.27. The minimum atomic E-state index is 0.190. The van der Waals surface area contributed by atoms with Gasteiger partial charge in [0, 0.05) is 32.7 Å². The molecule has 2 atom stereocenters. The van der Waals surface area contributed by atoms with E-state index in [-0.39, 0.29) is 6.10 Å². The van der Waals surface area contributed by atoms with Gasteiger partial charge >= 0.3 is 0 Å². The van der Waals surface area contributed by atoms with Crippen LogP contribution in [0.5, 0.6) is 0 Å². The Balaban J connectivity index is 1.79. The van der Waals surface area contributed by atoms with E-state index in [9.17, 15) is 0 Å². The molecule has 0 spiro atoms. The fourth-order valence-corrected chi connectivity index (χ4v) is 3.27. The monoisotopic (exact) mass is 331 g/mol. The normalized spacial score (nSPS) is 21.5. The summed E-state index contributed by atoms with van der Waals surface area (Å²) < 4.78 is 6.07. The van der Waals surface area contributed by atoms with Crippen LogP contribution in [0.1, 0.15) is 57.1 Å². The van der Waals surface area contributed by atoms with Gasteiger partial charge in [-0.05, 0) is 24.8 Å². The van der Waals surface area contributed by atoms with E-state index in [0.717, 1.165) is 32.1 Å². The Labute approximate surface area is 147 Å². The Kier molecular flexibility index (Phi) is 8.67. The summed E-state index contributed by atoms with van der Waals surface area (Å²) in [5, 5.41) is 6.91. The van der Waals surface area contributed by atoms with E-state index in [1.165, 1.54) is 37.7 Å². The van der Waals surface area contributed by atoms with E-state index in [0.29, 0.717) is 5.92 Å². The Bertz CT molecular complexity index is 475. The number of rotatable bonds is 8. The zero-order chi connectivity index (χ0) is 17.0. The zero-order valence-electron chi connectivity index (χ0n) is 15.3. The second kappa shape index (κ2) is 11.1. The Morgan fingerprint density at radius 1 is 1.17 bits per heavy atom. The first-order chi connectivity index (χ1) is 11.8. The minimum absolute atomic E-state index is 0.190. The molecule has 2 rings (SSSR count). The molecule has 0 aromatic heterocycles. The van der Waals surface area contributed by atoms with Crippen molar-refractivity contribution in [1.82, 2.24) is 10.6 Å². The minimum Gasteiger partial charge on any atom is -0.373 e. The maximum Gasteiger partial charge on any atom is 0.190 e. The summed E-state index contributed by atoms with van der Waals surface area (Å²) in [6.07, 6.45) is 7.59. The average molecular weight is 332 g/mol. The van der Waals surface area contributed by atoms with Crippen LogP contribution in [0.4, 0.5) is 0 Å². The number of ether oxygens (including phenoxy) is 1. The number of hydrogen-bond acceptors (Lipinski definition) is 2. The van der Waals surface area contributed by atoms with Crippen molar-refractivity contribution in [2.24, 2.45) is 10.9 Å². The van der Waals surface area contributed by atoms with Crippen molar-refractivity contribution in [3.63, 3.8) is 0 Å². The number of aliphatic imine (C=N–C) groups is 1. The van der Waals surface area contributed by atoms with Crippen molar-refractivity contribution in [1.29, 1.82) is 0 Å². The van der Waals surface area contributed by atoms with Crippen molar-refractivity contribution < 1.29 is 4.74 Å². The maximum absolute atomic E-state index is 6.07. The molecule has 2 N–H and O–H groups in total. The van der Waals surface area contributed by atoms with Crippen LogP contribution in [0.15, 0.2) is 35.3 Å². The number of hydrogen-bond donors (Lipinski definition) is 2. The summed E-state index contributed by atoms with van der Waals surface area (Å²) in [6.45, 7) is 4.99. The predicted octanol–water partition coefficient (Wildman–Crippen LogP) is 3.90. The van der Waals surface area contributed by atoms with Crippen molar-refractivity contribution >= 4 is 5.96 Å². The zero-order valence-corrected chi connectivity index (χ0v) is 15.3. The summed E-state index contributed by atoms with van der Waals surface area (Å²) in [5.41, 5.74) is 1.28. The molecule has 1 saturated heterocycles. The van der Waals surface area contributed by atoms with Crippen LogP contribution in [0.2, 0.25) is 0 Å². The molecule has 0 aliphatic carbocycles. The van der Waals surface area contributed by atoms with Crippen LogP contribution in [0.25, 0.3) is 0 Å². The van der Waals surface area contributed by atoms with Gasteiger partial charge in [-0.2, -0.15) is 0 Å². The van der Waals surface area contributed by atoms with Crippen molar-refractivity contribution in [2.75, 3.05) is 26.7 Å². The van der Waals surface area contributed by atoms with Crippen LogP contribution in [-0.2, 0) is 4.74 Å². The van der Waals surface area contributed by atoms with Crippen LogP contribution in [-0.4, -0.2) is 32.7 Å². The summed E-state index contributed by atoms with van der Waals surface area (Å²) in [7, 11) is 1.84. The fraction of sp³-hybridized carbons (Fsp3) is 0.650. The van der Waals surface area contributed by atoms with Gasteiger partial charge in [0.1, 0.15) is 0 Å². The highest BCUT2D eigenvalue weighted by atomic mass is 16.5. The van der Waals surface area contributed by atoms with Gasteiger partial charge in [-0.25, -0.2) is 0 Å². The summed E-state index contributed by atoms with van der Waals surface area (Å²) in [6, 6.07) is 10.6. The van der Waals surface area contributed by atoms with Crippen molar-refractivity contribution in [3.05, 3.63) is 35.9 Å². The summed E-state index contributed by atoms with van der Waals surface area (Å²) in [4.78, 5) is 4.34. The average Bonchev–Trinajstić information content (AvgIpc) is 2.65. The standard InChI is InChI=1S/C20H33N3O/c1-3-4-5-9-14-22-20(21-2)23-16-18-13-10-15-24-19(18)17-11-7-6-8-12-17/h6-8,11-12,18-19H,3-5,9-10,13-16H2,1-2H3,(H2,21,22,23). The second-order valence-electron chi connectivity index (χ2n) is 6.54. The van der Waals surface area contributed by atoms with Gasteiger partial charge in [0.15, 0.2) is 5.96 Å². The summed E-state index contributed by atoms with van der Waals surface area (Å²) >= 11 is 0. The quantitative estimate of drug-likeness (QED) is 0.431. The van der Waals surface area contributed by atoms with E-state index in [2.05, 4.69) is 52.9 Å². The maximum atomic E-state index is 6.07. The lowest BCUT2D eigenvalue weighted by molar-refractivity contribution is -0.0265. The molecule has 1 aromatic carbocycles. The molecule has 4 nitrogen and oxygen atoms in total. The van der Waals surface area contributed by atoms with E-state index in [1.807, 2.05) is 7.05 Å². The largest absolute Gasteiger partial charge is 0.373 e. The molecule has 0 radical (unpaired) electrons.